The van der Waals surface area contributed by atoms with Crippen LogP contribution < -0.4 is 19.8 Å². The van der Waals surface area contributed by atoms with Gasteiger partial charge in [0.05, 0.1) is 11.0 Å². The Bertz CT molecular complexity index is 1350. The summed E-state index contributed by atoms with van der Waals surface area (Å²) in [5.41, 5.74) is -1.80. The van der Waals surface area contributed by atoms with Crippen molar-refractivity contribution in [1.29, 1.82) is 0 Å². The maximum absolute atomic E-state index is 13.5. The molecule has 0 aliphatic carbocycles. The Kier molecular flexibility index (Phi) is 8.86. The molecule has 0 aromatic carbocycles. The molecule has 2 fully saturated rings. The Morgan fingerprint density at radius 3 is 2.67 bits per heavy atom. The fraction of sp³-hybridized carbons (Fsp3) is 0.600. The number of amides is 2. The molecule has 2 aromatic rings. The lowest BCUT2D eigenvalue weighted by atomic mass is 9.89. The van der Waals surface area contributed by atoms with E-state index in [1.165, 1.54) is 4.90 Å². The van der Waals surface area contributed by atoms with E-state index in [1.54, 1.807) is 12.1 Å². The van der Waals surface area contributed by atoms with Crippen molar-refractivity contribution in [3.63, 3.8) is 0 Å². The molecule has 2 aromatic heterocycles. The average molecular weight is 621 g/mol. The third-order valence-electron chi connectivity index (χ3n) is 8.63. The number of anilines is 3. The number of rotatable bonds is 5. The van der Waals surface area contributed by atoms with E-state index in [0.717, 1.165) is 64.0 Å². The van der Waals surface area contributed by atoms with Gasteiger partial charge >= 0.3 is 6.18 Å². The van der Waals surface area contributed by atoms with Gasteiger partial charge in [-0.2, -0.15) is 13.2 Å². The zero-order chi connectivity index (χ0) is 31.0. The van der Waals surface area contributed by atoms with E-state index in [9.17, 15) is 22.8 Å². The van der Waals surface area contributed by atoms with Crippen LogP contribution in [-0.4, -0.2) is 65.8 Å². The van der Waals surface area contributed by atoms with E-state index < -0.39 is 17.7 Å². The average Bonchev–Trinajstić information content (AvgIpc) is 3.46. The second-order valence-corrected chi connectivity index (χ2v) is 13.6. The summed E-state index contributed by atoms with van der Waals surface area (Å²) in [6.45, 7) is 8.19. The zero-order valence-electron chi connectivity index (χ0n) is 25.0. The van der Waals surface area contributed by atoms with E-state index in [2.05, 4.69) is 33.8 Å². The number of nitrogens with one attached hydrogen (secondary N) is 2. The normalized spacial score (nSPS) is 22.9. The first-order valence-corrected chi connectivity index (χ1v) is 15.5. The molecule has 2 N–H and O–H groups in total. The summed E-state index contributed by atoms with van der Waals surface area (Å²) in [6.07, 6.45) is -2.20. The lowest BCUT2D eigenvalue weighted by molar-refractivity contribution is -0.217. The van der Waals surface area contributed by atoms with E-state index in [-0.39, 0.29) is 30.4 Å². The summed E-state index contributed by atoms with van der Waals surface area (Å²) in [5.74, 6) is 1.38. The monoisotopic (exact) mass is 620 g/mol. The van der Waals surface area contributed by atoms with Gasteiger partial charge in [-0.05, 0) is 69.7 Å². The fourth-order valence-corrected chi connectivity index (χ4v) is 6.49. The van der Waals surface area contributed by atoms with Crippen LogP contribution >= 0.6 is 11.9 Å². The number of pyridine rings is 2. The van der Waals surface area contributed by atoms with Crippen LogP contribution in [0.2, 0.25) is 0 Å². The SMILES string of the molecule is CC1(C)C[C@@H]2CCCNc3cccc(n3)SNC(=O)c3ccc(N4CCC(OCCC(C)(C)C(F)(F)F)C4=O)nc3N1C2. The van der Waals surface area contributed by atoms with Gasteiger partial charge in [-0.1, -0.05) is 19.9 Å². The van der Waals surface area contributed by atoms with Gasteiger partial charge in [-0.3, -0.25) is 19.2 Å². The standard InChI is InChI=1S/C30H39F3N6O3S/c1-28(2,30(31,32)33)13-16-42-21-12-15-38(27(21)41)23-11-10-20-25(36-23)39-18-19(17-29(39,3)4)7-6-14-34-22-8-5-9-24(35-22)43-37-26(20)40/h5,8-11,19,21H,6-7,12-18H2,1-4H3,(H,34,35)(H,37,40)/t19-,21?/m0/s1. The van der Waals surface area contributed by atoms with Crippen molar-refractivity contribution in [2.45, 2.75) is 82.6 Å². The van der Waals surface area contributed by atoms with Gasteiger partial charge in [0.15, 0.2) is 0 Å². The van der Waals surface area contributed by atoms with Crippen molar-refractivity contribution in [3.05, 3.63) is 35.9 Å². The third-order valence-corrected chi connectivity index (χ3v) is 9.36. The first kappa shape index (κ1) is 31.4. The summed E-state index contributed by atoms with van der Waals surface area (Å²) < 4.78 is 48.3. The number of ether oxygens (including phenoxy) is 1. The quantitative estimate of drug-likeness (QED) is 0.404. The Labute approximate surface area is 254 Å². The number of hydrogen-bond acceptors (Lipinski definition) is 8. The molecule has 13 heteroatoms. The second kappa shape index (κ2) is 12.1. The first-order chi connectivity index (χ1) is 20.2. The van der Waals surface area contributed by atoms with Crippen LogP contribution in [0.15, 0.2) is 35.4 Å². The van der Waals surface area contributed by atoms with Gasteiger partial charge in [-0.25, -0.2) is 9.97 Å². The Morgan fingerprint density at radius 1 is 1.12 bits per heavy atom. The fourth-order valence-electron chi connectivity index (χ4n) is 5.89. The molecule has 3 aliphatic rings. The zero-order valence-corrected chi connectivity index (χ0v) is 25.8. The topological polar surface area (TPSA) is 99.7 Å². The van der Waals surface area contributed by atoms with Crippen molar-refractivity contribution in [2.75, 3.05) is 41.4 Å². The van der Waals surface area contributed by atoms with Crippen LogP contribution in [0, 0.1) is 11.3 Å². The Hall–Kier alpha value is -3.06. The molecule has 3 aliphatic heterocycles. The van der Waals surface area contributed by atoms with E-state index >= 15 is 0 Å². The lowest BCUT2D eigenvalue weighted by Gasteiger charge is -2.34. The van der Waals surface area contributed by atoms with Gasteiger partial charge in [-0.15, -0.1) is 0 Å². The summed E-state index contributed by atoms with van der Waals surface area (Å²) in [5, 5.41) is 4.02. The molecule has 9 nitrogen and oxygen atoms in total. The molecule has 43 heavy (non-hydrogen) atoms. The van der Waals surface area contributed by atoms with Crippen molar-refractivity contribution in [3.8, 4) is 0 Å². The minimum Gasteiger partial charge on any atom is -0.370 e. The van der Waals surface area contributed by atoms with Crippen molar-refractivity contribution < 1.29 is 27.5 Å². The molecular formula is C30H39F3N6O3S. The summed E-state index contributed by atoms with van der Waals surface area (Å²) >= 11 is 1.12. The molecule has 0 radical (unpaired) electrons. The summed E-state index contributed by atoms with van der Waals surface area (Å²) in [7, 11) is 0. The molecule has 5 heterocycles. The first-order valence-electron chi connectivity index (χ1n) is 14.7. The number of alkyl halides is 3. The number of halogens is 3. The Balaban J connectivity index is 1.38. The van der Waals surface area contributed by atoms with Gasteiger partial charge in [0.1, 0.15) is 28.6 Å². The van der Waals surface area contributed by atoms with Gasteiger partial charge < -0.3 is 15.0 Å². The predicted octanol–water partition coefficient (Wildman–Crippen LogP) is 5.82. The van der Waals surface area contributed by atoms with E-state index in [4.69, 9.17) is 9.72 Å². The molecule has 2 atom stereocenters. The highest BCUT2D eigenvalue weighted by molar-refractivity contribution is 7.97. The third kappa shape index (κ3) is 6.87. The predicted molar refractivity (Wildman–Crippen MR) is 160 cm³/mol. The van der Waals surface area contributed by atoms with Crippen molar-refractivity contribution in [1.82, 2.24) is 14.7 Å². The Morgan fingerprint density at radius 2 is 1.91 bits per heavy atom. The maximum atomic E-state index is 13.5. The highest BCUT2D eigenvalue weighted by Gasteiger charge is 2.47. The van der Waals surface area contributed by atoms with Gasteiger partial charge in [0.2, 0.25) is 0 Å². The van der Waals surface area contributed by atoms with Crippen LogP contribution in [0.25, 0.3) is 0 Å². The van der Waals surface area contributed by atoms with Gasteiger partial charge in [0.25, 0.3) is 11.8 Å². The van der Waals surface area contributed by atoms with Crippen LogP contribution in [0.3, 0.4) is 0 Å². The van der Waals surface area contributed by atoms with Crippen molar-refractivity contribution >= 4 is 41.2 Å². The number of carbonyl (C=O) groups is 2. The largest absolute Gasteiger partial charge is 0.394 e. The number of carbonyl (C=O) groups excluding carboxylic acids is 2. The number of aromatic nitrogens is 2. The molecule has 0 spiro atoms. The molecule has 2 amide bonds. The highest BCUT2D eigenvalue weighted by atomic mass is 32.2. The van der Waals surface area contributed by atoms with Crippen LogP contribution in [0.1, 0.15) is 70.2 Å². The second-order valence-electron chi connectivity index (χ2n) is 12.8. The van der Waals surface area contributed by atoms with Crippen molar-refractivity contribution in [2.24, 2.45) is 11.3 Å². The lowest BCUT2D eigenvalue weighted by Crippen LogP contribution is -2.40. The minimum atomic E-state index is -4.36. The van der Waals surface area contributed by atoms with Gasteiger partial charge in [0, 0.05) is 50.1 Å². The molecule has 4 bridgehead atoms. The molecular weight excluding hydrogens is 581 g/mol. The van der Waals surface area contributed by atoms with E-state index in [0.29, 0.717) is 41.1 Å². The highest BCUT2D eigenvalue weighted by Crippen LogP contribution is 2.42. The molecule has 0 saturated carbocycles. The number of hydrogen-bond donors (Lipinski definition) is 2. The van der Waals surface area contributed by atoms with Crippen LogP contribution in [0.5, 0.6) is 0 Å². The molecule has 234 valence electrons. The minimum absolute atomic E-state index is 0.178. The summed E-state index contributed by atoms with van der Waals surface area (Å²) in [4.78, 5) is 40.0. The summed E-state index contributed by atoms with van der Waals surface area (Å²) in [6, 6.07) is 8.96. The van der Waals surface area contributed by atoms with Crippen LogP contribution in [-0.2, 0) is 9.53 Å². The molecule has 2 saturated heterocycles. The smallest absolute Gasteiger partial charge is 0.370 e. The number of nitrogens with zero attached hydrogens (tertiary/aromatic N) is 4. The maximum Gasteiger partial charge on any atom is 0.394 e. The molecule has 1 unspecified atom stereocenters. The molecule has 5 rings (SSSR count). The van der Waals surface area contributed by atoms with E-state index in [1.807, 2.05) is 18.2 Å². The number of fused-ring (bicyclic) bond motifs is 6. The van der Waals surface area contributed by atoms with Crippen LogP contribution in [0.4, 0.5) is 30.6 Å².